The van der Waals surface area contributed by atoms with Gasteiger partial charge in [0.1, 0.15) is 5.69 Å². The van der Waals surface area contributed by atoms with E-state index in [4.69, 9.17) is 5.73 Å². The van der Waals surface area contributed by atoms with Gasteiger partial charge in [0, 0.05) is 29.8 Å². The molecule has 5 nitrogen and oxygen atoms in total. The smallest absolute Gasteiger partial charge is 0.251 e. The van der Waals surface area contributed by atoms with E-state index < -0.39 is 0 Å². The molecule has 0 unspecified atom stereocenters. The van der Waals surface area contributed by atoms with E-state index in [2.05, 4.69) is 15.0 Å². The Hall–Kier alpha value is -2.53. The molecule has 0 spiro atoms. The molecule has 20 heavy (non-hydrogen) atoms. The van der Waals surface area contributed by atoms with Crippen LogP contribution in [0.25, 0.3) is 22.3 Å². The van der Waals surface area contributed by atoms with Crippen molar-refractivity contribution in [1.82, 2.24) is 15.0 Å². The van der Waals surface area contributed by atoms with E-state index >= 15 is 0 Å². The van der Waals surface area contributed by atoms with Gasteiger partial charge in [-0.3, -0.25) is 9.78 Å². The fraction of sp³-hybridized carbons (Fsp3) is 0.133. The first kappa shape index (κ1) is 12.5. The first-order valence-electron chi connectivity index (χ1n) is 6.42. The molecule has 5 heteroatoms. The summed E-state index contributed by atoms with van der Waals surface area (Å²) in [6.45, 7) is 0.457. The molecular weight excluding hydrogens is 252 g/mol. The van der Waals surface area contributed by atoms with Crippen molar-refractivity contribution in [1.29, 1.82) is 0 Å². The number of nitrogens with two attached hydrogens (primary N) is 1. The Balaban J connectivity index is 2.23. The van der Waals surface area contributed by atoms with Crippen LogP contribution in [0.4, 0.5) is 0 Å². The Morgan fingerprint density at radius 2 is 2.05 bits per heavy atom. The maximum absolute atomic E-state index is 11.7. The molecule has 0 aliphatic heterocycles. The van der Waals surface area contributed by atoms with Crippen LogP contribution in [-0.2, 0) is 6.42 Å². The SMILES string of the molecule is NCCc1cc(=O)[nH]c(-c2nccc3ccccc23)n1. The summed E-state index contributed by atoms with van der Waals surface area (Å²) >= 11 is 0. The zero-order valence-electron chi connectivity index (χ0n) is 10.8. The van der Waals surface area contributed by atoms with Crippen LogP contribution in [0.5, 0.6) is 0 Å². The standard InChI is InChI=1S/C15H14N4O/c16-7-5-11-9-13(20)19-15(18-11)14-12-4-2-1-3-10(12)6-8-17-14/h1-4,6,8-9H,5,7,16H2,(H,18,19,20). The number of hydrogen-bond donors (Lipinski definition) is 2. The first-order valence-corrected chi connectivity index (χ1v) is 6.42. The Morgan fingerprint density at radius 1 is 1.20 bits per heavy atom. The van der Waals surface area contributed by atoms with E-state index in [1.54, 1.807) is 6.20 Å². The predicted molar refractivity (Wildman–Crippen MR) is 78.4 cm³/mol. The molecule has 2 heterocycles. The lowest BCUT2D eigenvalue weighted by molar-refractivity contribution is 0.904. The van der Waals surface area contributed by atoms with E-state index in [0.717, 1.165) is 10.8 Å². The van der Waals surface area contributed by atoms with Crippen molar-refractivity contribution >= 4 is 10.8 Å². The molecule has 100 valence electrons. The highest BCUT2D eigenvalue weighted by atomic mass is 16.1. The van der Waals surface area contributed by atoms with Crippen LogP contribution in [0.15, 0.2) is 47.4 Å². The third kappa shape index (κ3) is 2.31. The van der Waals surface area contributed by atoms with Crippen molar-refractivity contribution in [3.05, 3.63) is 58.6 Å². The Labute approximate surface area is 115 Å². The third-order valence-corrected chi connectivity index (χ3v) is 3.09. The Morgan fingerprint density at radius 3 is 2.90 bits per heavy atom. The minimum atomic E-state index is -0.187. The number of nitrogens with one attached hydrogen (secondary N) is 1. The molecule has 0 saturated heterocycles. The number of aromatic amines is 1. The number of H-pyrrole nitrogens is 1. The number of nitrogens with zero attached hydrogens (tertiary/aromatic N) is 2. The lowest BCUT2D eigenvalue weighted by Crippen LogP contribution is -2.13. The number of rotatable bonds is 3. The van der Waals surface area contributed by atoms with E-state index in [-0.39, 0.29) is 5.56 Å². The second-order valence-electron chi connectivity index (χ2n) is 4.50. The van der Waals surface area contributed by atoms with Crippen LogP contribution in [0.2, 0.25) is 0 Å². The van der Waals surface area contributed by atoms with E-state index in [1.165, 1.54) is 6.07 Å². The van der Waals surface area contributed by atoms with Crippen LogP contribution >= 0.6 is 0 Å². The molecule has 2 aromatic heterocycles. The molecule has 1 aromatic carbocycles. The topological polar surface area (TPSA) is 84.7 Å². The van der Waals surface area contributed by atoms with Gasteiger partial charge in [0.25, 0.3) is 5.56 Å². The number of pyridine rings is 1. The summed E-state index contributed by atoms with van der Waals surface area (Å²) in [5.74, 6) is 0.484. The molecule has 3 rings (SSSR count). The van der Waals surface area contributed by atoms with Crippen molar-refractivity contribution in [2.45, 2.75) is 6.42 Å². The molecule has 0 saturated carbocycles. The molecule has 0 aliphatic rings. The van der Waals surface area contributed by atoms with Crippen LogP contribution in [0.1, 0.15) is 5.69 Å². The van der Waals surface area contributed by atoms with Crippen LogP contribution in [0.3, 0.4) is 0 Å². The van der Waals surface area contributed by atoms with E-state index in [1.807, 2.05) is 30.3 Å². The van der Waals surface area contributed by atoms with Gasteiger partial charge in [-0.15, -0.1) is 0 Å². The minimum absolute atomic E-state index is 0.187. The van der Waals surface area contributed by atoms with Gasteiger partial charge < -0.3 is 10.7 Å². The molecule has 0 amide bonds. The number of hydrogen-bond acceptors (Lipinski definition) is 4. The summed E-state index contributed by atoms with van der Waals surface area (Å²) in [4.78, 5) is 23.3. The molecule has 3 aromatic rings. The fourth-order valence-corrected chi connectivity index (χ4v) is 2.20. The van der Waals surface area contributed by atoms with Crippen molar-refractivity contribution < 1.29 is 0 Å². The van der Waals surface area contributed by atoms with Gasteiger partial charge in [0.15, 0.2) is 5.82 Å². The normalized spacial score (nSPS) is 10.8. The second-order valence-corrected chi connectivity index (χ2v) is 4.50. The third-order valence-electron chi connectivity index (χ3n) is 3.09. The molecule has 0 bridgehead atoms. The minimum Gasteiger partial charge on any atom is -0.330 e. The molecular formula is C15H14N4O. The average Bonchev–Trinajstić information content (AvgIpc) is 2.46. The maximum Gasteiger partial charge on any atom is 0.251 e. The summed E-state index contributed by atoms with van der Waals surface area (Å²) in [6.07, 6.45) is 2.29. The highest BCUT2D eigenvalue weighted by Gasteiger charge is 2.09. The molecule has 0 fully saturated rings. The Bertz CT molecular complexity index is 805. The van der Waals surface area contributed by atoms with Gasteiger partial charge in [-0.1, -0.05) is 24.3 Å². The van der Waals surface area contributed by atoms with Gasteiger partial charge in [-0.2, -0.15) is 0 Å². The van der Waals surface area contributed by atoms with Gasteiger partial charge in [0.2, 0.25) is 0 Å². The fourth-order valence-electron chi connectivity index (χ4n) is 2.20. The van der Waals surface area contributed by atoms with E-state index in [0.29, 0.717) is 30.2 Å². The summed E-state index contributed by atoms with van der Waals surface area (Å²) in [7, 11) is 0. The maximum atomic E-state index is 11.7. The van der Waals surface area contributed by atoms with Crippen molar-refractivity contribution in [3.63, 3.8) is 0 Å². The van der Waals surface area contributed by atoms with Crippen LogP contribution in [-0.4, -0.2) is 21.5 Å². The van der Waals surface area contributed by atoms with Crippen LogP contribution in [0, 0.1) is 0 Å². The van der Waals surface area contributed by atoms with Gasteiger partial charge in [-0.05, 0) is 18.0 Å². The number of fused-ring (bicyclic) bond motifs is 1. The highest BCUT2D eigenvalue weighted by Crippen LogP contribution is 2.22. The van der Waals surface area contributed by atoms with Gasteiger partial charge >= 0.3 is 0 Å². The Kier molecular flexibility index (Phi) is 3.26. The first-order chi connectivity index (χ1) is 9.78. The zero-order valence-corrected chi connectivity index (χ0v) is 10.8. The zero-order chi connectivity index (χ0) is 13.9. The van der Waals surface area contributed by atoms with E-state index in [9.17, 15) is 4.79 Å². The molecule has 0 radical (unpaired) electrons. The molecule has 0 atom stereocenters. The number of aromatic nitrogens is 3. The summed E-state index contributed by atoms with van der Waals surface area (Å²) in [5.41, 5.74) is 6.70. The van der Waals surface area contributed by atoms with Gasteiger partial charge in [-0.25, -0.2) is 4.98 Å². The average molecular weight is 266 g/mol. The lowest BCUT2D eigenvalue weighted by atomic mass is 10.1. The van der Waals surface area contributed by atoms with Crippen molar-refractivity contribution in [2.75, 3.05) is 6.54 Å². The van der Waals surface area contributed by atoms with Crippen molar-refractivity contribution in [3.8, 4) is 11.5 Å². The lowest BCUT2D eigenvalue weighted by Gasteiger charge is -2.06. The molecule has 3 N–H and O–H groups in total. The highest BCUT2D eigenvalue weighted by molar-refractivity contribution is 5.92. The quantitative estimate of drug-likeness (QED) is 0.752. The second kappa shape index (κ2) is 5.22. The summed E-state index contributed by atoms with van der Waals surface area (Å²) < 4.78 is 0. The van der Waals surface area contributed by atoms with Crippen LogP contribution < -0.4 is 11.3 Å². The summed E-state index contributed by atoms with van der Waals surface area (Å²) in [5, 5.41) is 2.02. The number of benzene rings is 1. The van der Waals surface area contributed by atoms with Crippen molar-refractivity contribution in [2.24, 2.45) is 5.73 Å². The molecule has 0 aliphatic carbocycles. The predicted octanol–water partition coefficient (Wildman–Crippen LogP) is 1.49. The summed E-state index contributed by atoms with van der Waals surface area (Å²) in [6, 6.07) is 11.3. The van der Waals surface area contributed by atoms with Gasteiger partial charge in [0.05, 0.1) is 0 Å². The monoisotopic (exact) mass is 266 g/mol. The largest absolute Gasteiger partial charge is 0.330 e.